The lowest BCUT2D eigenvalue weighted by molar-refractivity contribution is -0.123. The van der Waals surface area contributed by atoms with Crippen molar-refractivity contribution in [2.75, 3.05) is 10.6 Å². The van der Waals surface area contributed by atoms with Crippen LogP contribution in [0.5, 0.6) is 0 Å². The molecule has 2 N–H and O–H groups in total. The lowest BCUT2D eigenvalue weighted by atomic mass is 9.96. The van der Waals surface area contributed by atoms with Gasteiger partial charge in [-0.2, -0.15) is 0 Å². The monoisotopic (exact) mass is 365 g/mol. The fourth-order valence-corrected chi connectivity index (χ4v) is 2.36. The fourth-order valence-electron chi connectivity index (χ4n) is 1.79. The van der Waals surface area contributed by atoms with Crippen molar-refractivity contribution < 1.29 is 9.59 Å². The second kappa shape index (κ2) is 7.20. The van der Waals surface area contributed by atoms with Crippen LogP contribution in [-0.4, -0.2) is 16.8 Å². The van der Waals surface area contributed by atoms with Gasteiger partial charge in [0, 0.05) is 23.4 Å². The standard InChI is InChI=1S/C17H17Cl2N3O2/c1-17(2,3)16(24)22-13-9-10(7-8-20-13)21-15(23)14-11(18)5-4-6-12(14)19/h4-9H,1-3H3,(H2,20,21,22,23,24). The molecule has 24 heavy (non-hydrogen) atoms. The van der Waals surface area contributed by atoms with Gasteiger partial charge in [0.15, 0.2) is 0 Å². The number of nitrogens with zero attached hydrogens (tertiary/aromatic N) is 1. The Hall–Kier alpha value is -2.11. The van der Waals surface area contributed by atoms with E-state index in [1.165, 1.54) is 6.20 Å². The van der Waals surface area contributed by atoms with Crippen molar-refractivity contribution in [3.63, 3.8) is 0 Å². The highest BCUT2D eigenvalue weighted by Gasteiger charge is 2.21. The maximum Gasteiger partial charge on any atom is 0.258 e. The molecule has 126 valence electrons. The molecule has 0 unspecified atom stereocenters. The fraction of sp³-hybridized carbons (Fsp3) is 0.235. The van der Waals surface area contributed by atoms with Crippen LogP contribution in [0.25, 0.3) is 0 Å². The van der Waals surface area contributed by atoms with Crippen LogP contribution in [0.4, 0.5) is 11.5 Å². The zero-order valence-electron chi connectivity index (χ0n) is 13.5. The summed E-state index contributed by atoms with van der Waals surface area (Å²) in [6.07, 6.45) is 1.49. The maximum absolute atomic E-state index is 12.4. The molecule has 1 aromatic carbocycles. The minimum atomic E-state index is -0.550. The first-order chi connectivity index (χ1) is 11.2. The number of amides is 2. The number of anilines is 2. The Bertz CT molecular complexity index is 765. The second-order valence-electron chi connectivity index (χ2n) is 6.18. The molecule has 2 aromatic rings. The predicted molar refractivity (Wildman–Crippen MR) is 96.7 cm³/mol. The molecule has 0 saturated heterocycles. The molecule has 0 aliphatic rings. The van der Waals surface area contributed by atoms with E-state index in [0.717, 1.165) is 0 Å². The molecule has 1 aromatic heterocycles. The number of carbonyl (C=O) groups excluding carboxylic acids is 2. The van der Waals surface area contributed by atoms with Crippen LogP contribution in [0.15, 0.2) is 36.5 Å². The van der Waals surface area contributed by atoms with E-state index in [4.69, 9.17) is 23.2 Å². The van der Waals surface area contributed by atoms with Crippen LogP contribution >= 0.6 is 23.2 Å². The maximum atomic E-state index is 12.4. The van der Waals surface area contributed by atoms with E-state index in [1.807, 2.05) is 0 Å². The lowest BCUT2D eigenvalue weighted by Gasteiger charge is -2.17. The largest absolute Gasteiger partial charge is 0.322 e. The molecular weight excluding hydrogens is 349 g/mol. The minimum absolute atomic E-state index is 0.173. The normalized spacial score (nSPS) is 11.0. The Labute approximate surface area is 150 Å². The molecule has 7 heteroatoms. The average Bonchev–Trinajstić information content (AvgIpc) is 2.46. The number of hydrogen-bond acceptors (Lipinski definition) is 3. The van der Waals surface area contributed by atoms with Crippen LogP contribution in [0.2, 0.25) is 10.0 Å². The van der Waals surface area contributed by atoms with E-state index >= 15 is 0 Å². The second-order valence-corrected chi connectivity index (χ2v) is 7.00. The van der Waals surface area contributed by atoms with Gasteiger partial charge in [-0.05, 0) is 18.2 Å². The van der Waals surface area contributed by atoms with E-state index in [0.29, 0.717) is 11.5 Å². The topological polar surface area (TPSA) is 71.1 Å². The van der Waals surface area contributed by atoms with Crippen LogP contribution in [0.3, 0.4) is 0 Å². The summed E-state index contributed by atoms with van der Waals surface area (Å²) in [5.74, 6) is -0.268. The molecule has 0 bridgehead atoms. The zero-order chi connectivity index (χ0) is 17.9. The summed E-state index contributed by atoms with van der Waals surface area (Å²) in [5, 5.41) is 5.92. The molecule has 2 rings (SSSR count). The van der Waals surface area contributed by atoms with E-state index in [2.05, 4.69) is 15.6 Å². The van der Waals surface area contributed by atoms with Crippen molar-refractivity contribution in [2.45, 2.75) is 20.8 Å². The first-order valence-electron chi connectivity index (χ1n) is 7.21. The number of aromatic nitrogens is 1. The highest BCUT2D eigenvalue weighted by Crippen LogP contribution is 2.25. The number of pyridine rings is 1. The molecule has 0 aliphatic carbocycles. The molecule has 2 amide bonds. The predicted octanol–water partition coefficient (Wildman–Crippen LogP) is 4.63. The van der Waals surface area contributed by atoms with Gasteiger partial charge in [0.25, 0.3) is 5.91 Å². The van der Waals surface area contributed by atoms with Crippen molar-refractivity contribution in [3.05, 3.63) is 52.1 Å². The molecule has 0 atom stereocenters. The van der Waals surface area contributed by atoms with Gasteiger partial charge in [-0.25, -0.2) is 4.98 Å². The molecule has 1 heterocycles. The smallest absolute Gasteiger partial charge is 0.258 e. The Balaban J connectivity index is 2.18. The van der Waals surface area contributed by atoms with Gasteiger partial charge in [0.2, 0.25) is 5.91 Å². The minimum Gasteiger partial charge on any atom is -0.322 e. The Morgan fingerprint density at radius 3 is 2.25 bits per heavy atom. The van der Waals surface area contributed by atoms with Crippen molar-refractivity contribution in [3.8, 4) is 0 Å². The molecule has 0 saturated carbocycles. The zero-order valence-corrected chi connectivity index (χ0v) is 15.0. The first kappa shape index (κ1) is 18.2. The summed E-state index contributed by atoms with van der Waals surface area (Å²) < 4.78 is 0. The van der Waals surface area contributed by atoms with Crippen LogP contribution in [0.1, 0.15) is 31.1 Å². The third-order valence-electron chi connectivity index (χ3n) is 3.13. The van der Waals surface area contributed by atoms with Crippen molar-refractivity contribution >= 4 is 46.5 Å². The lowest BCUT2D eigenvalue weighted by Crippen LogP contribution is -2.28. The molecule has 0 spiro atoms. The highest BCUT2D eigenvalue weighted by atomic mass is 35.5. The van der Waals surface area contributed by atoms with Crippen molar-refractivity contribution in [2.24, 2.45) is 5.41 Å². The van der Waals surface area contributed by atoms with Gasteiger partial charge in [0.1, 0.15) is 5.82 Å². The Morgan fingerprint density at radius 1 is 1.04 bits per heavy atom. The molecular formula is C17H17Cl2N3O2. The van der Waals surface area contributed by atoms with E-state index in [-0.39, 0.29) is 21.5 Å². The molecule has 0 aliphatic heterocycles. The summed E-state index contributed by atoms with van der Waals surface area (Å²) >= 11 is 12.1. The number of carbonyl (C=O) groups is 2. The summed E-state index contributed by atoms with van der Waals surface area (Å²) in [5.41, 5.74) is 0.111. The van der Waals surface area contributed by atoms with Crippen LogP contribution in [0, 0.1) is 5.41 Å². The third-order valence-corrected chi connectivity index (χ3v) is 3.76. The van der Waals surface area contributed by atoms with Gasteiger partial charge < -0.3 is 10.6 Å². The first-order valence-corrected chi connectivity index (χ1v) is 7.97. The average molecular weight is 366 g/mol. The van der Waals surface area contributed by atoms with E-state index in [1.54, 1.807) is 51.1 Å². The highest BCUT2D eigenvalue weighted by molar-refractivity contribution is 6.40. The number of hydrogen-bond donors (Lipinski definition) is 2. The quantitative estimate of drug-likeness (QED) is 0.832. The van der Waals surface area contributed by atoms with E-state index < -0.39 is 11.3 Å². The number of benzene rings is 1. The van der Waals surface area contributed by atoms with Crippen LogP contribution in [-0.2, 0) is 4.79 Å². The van der Waals surface area contributed by atoms with Crippen molar-refractivity contribution in [1.29, 1.82) is 0 Å². The molecule has 0 radical (unpaired) electrons. The van der Waals surface area contributed by atoms with Gasteiger partial charge >= 0.3 is 0 Å². The van der Waals surface area contributed by atoms with Crippen LogP contribution < -0.4 is 10.6 Å². The summed E-state index contributed by atoms with van der Waals surface area (Å²) in [7, 11) is 0. The van der Waals surface area contributed by atoms with Gasteiger partial charge in [-0.3, -0.25) is 9.59 Å². The number of halogens is 2. The van der Waals surface area contributed by atoms with E-state index in [9.17, 15) is 9.59 Å². The number of nitrogens with one attached hydrogen (secondary N) is 2. The van der Waals surface area contributed by atoms with Gasteiger partial charge in [-0.1, -0.05) is 50.0 Å². The summed E-state index contributed by atoms with van der Waals surface area (Å²) in [6, 6.07) is 8.00. The summed E-state index contributed by atoms with van der Waals surface area (Å²) in [6.45, 7) is 5.40. The third kappa shape index (κ3) is 4.46. The summed E-state index contributed by atoms with van der Waals surface area (Å²) in [4.78, 5) is 28.4. The Morgan fingerprint density at radius 2 is 1.67 bits per heavy atom. The van der Waals surface area contributed by atoms with Gasteiger partial charge in [-0.15, -0.1) is 0 Å². The number of rotatable bonds is 3. The van der Waals surface area contributed by atoms with Crippen molar-refractivity contribution in [1.82, 2.24) is 4.98 Å². The van der Waals surface area contributed by atoms with Gasteiger partial charge in [0.05, 0.1) is 15.6 Å². The molecule has 0 fully saturated rings. The molecule has 5 nitrogen and oxygen atoms in total. The SMILES string of the molecule is CC(C)(C)C(=O)Nc1cc(NC(=O)c2c(Cl)cccc2Cl)ccn1. The Kier molecular flexibility index (Phi) is 5.47.